The van der Waals surface area contributed by atoms with Crippen LogP contribution in [0.4, 0.5) is 0 Å². The maximum absolute atomic E-state index is 10.6. The van der Waals surface area contributed by atoms with Crippen molar-refractivity contribution in [3.8, 4) is 0 Å². The molecule has 0 radical (unpaired) electrons. The average Bonchev–Trinajstić information content (AvgIpc) is 2.43. The number of ether oxygens (including phenoxy) is 1. The van der Waals surface area contributed by atoms with Gasteiger partial charge in [0.1, 0.15) is 0 Å². The van der Waals surface area contributed by atoms with Crippen molar-refractivity contribution in [1.29, 1.82) is 0 Å². The van der Waals surface area contributed by atoms with Gasteiger partial charge in [-0.1, -0.05) is 30.3 Å². The van der Waals surface area contributed by atoms with Gasteiger partial charge in [0.2, 0.25) is 0 Å². The van der Waals surface area contributed by atoms with E-state index in [2.05, 4.69) is 30.9 Å². The fourth-order valence-electron chi connectivity index (χ4n) is 2.91. The number of carboxylic acids is 1. The highest BCUT2D eigenvalue weighted by atomic mass is 16.5. The van der Waals surface area contributed by atoms with Gasteiger partial charge >= 0.3 is 5.97 Å². The molecule has 20 heavy (non-hydrogen) atoms. The van der Waals surface area contributed by atoms with Crippen molar-refractivity contribution in [3.05, 3.63) is 35.9 Å². The van der Waals surface area contributed by atoms with Crippen molar-refractivity contribution >= 4 is 5.97 Å². The molecule has 1 N–H and O–H groups in total. The van der Waals surface area contributed by atoms with Gasteiger partial charge in [0.05, 0.1) is 12.7 Å². The summed E-state index contributed by atoms with van der Waals surface area (Å²) in [4.78, 5) is 13.0. The van der Waals surface area contributed by atoms with Crippen molar-refractivity contribution in [2.24, 2.45) is 0 Å². The molecule has 4 nitrogen and oxygen atoms in total. The van der Waals surface area contributed by atoms with Crippen molar-refractivity contribution in [2.75, 3.05) is 13.2 Å². The Morgan fingerprint density at radius 3 is 2.70 bits per heavy atom. The number of aliphatic carboxylic acids is 1. The van der Waals surface area contributed by atoms with Crippen LogP contribution in [0, 0.1) is 0 Å². The first-order chi connectivity index (χ1) is 9.59. The number of hydrogen-bond acceptors (Lipinski definition) is 3. The first-order valence-electron chi connectivity index (χ1n) is 7.23. The summed E-state index contributed by atoms with van der Waals surface area (Å²) >= 11 is 0. The van der Waals surface area contributed by atoms with Crippen LogP contribution >= 0.6 is 0 Å². The summed E-state index contributed by atoms with van der Waals surface area (Å²) in [6.45, 7) is 5.80. The van der Waals surface area contributed by atoms with E-state index in [0.29, 0.717) is 19.1 Å². The fourth-order valence-corrected chi connectivity index (χ4v) is 2.91. The molecule has 1 saturated heterocycles. The van der Waals surface area contributed by atoms with Crippen LogP contribution in [0.3, 0.4) is 0 Å². The number of rotatable bonds is 5. The van der Waals surface area contributed by atoms with Crippen molar-refractivity contribution < 1.29 is 14.6 Å². The lowest BCUT2D eigenvalue weighted by molar-refractivity contribution is -0.137. The Bertz CT molecular complexity index is 435. The molecule has 1 aromatic carbocycles. The third kappa shape index (κ3) is 3.58. The number of carbonyl (C=O) groups is 1. The Kier molecular flexibility index (Phi) is 5.15. The molecule has 0 bridgehead atoms. The second kappa shape index (κ2) is 6.86. The van der Waals surface area contributed by atoms with Crippen LogP contribution in [0.1, 0.15) is 38.4 Å². The third-order valence-corrected chi connectivity index (χ3v) is 3.98. The summed E-state index contributed by atoms with van der Waals surface area (Å²) in [6, 6.07) is 10.8. The molecule has 0 saturated carbocycles. The minimum absolute atomic E-state index is 0.0669. The van der Waals surface area contributed by atoms with E-state index < -0.39 is 5.97 Å². The van der Waals surface area contributed by atoms with Gasteiger partial charge in [0.15, 0.2) is 0 Å². The van der Waals surface area contributed by atoms with E-state index in [-0.39, 0.29) is 18.6 Å². The van der Waals surface area contributed by atoms with Gasteiger partial charge in [0.25, 0.3) is 0 Å². The normalized spacial score (nSPS) is 27.4. The Labute approximate surface area is 120 Å². The number of nitrogens with zero attached hydrogens (tertiary/aromatic N) is 1. The molecule has 110 valence electrons. The second-order valence-electron chi connectivity index (χ2n) is 5.49. The second-order valence-corrected chi connectivity index (χ2v) is 5.49. The highest BCUT2D eigenvalue weighted by Gasteiger charge is 2.33. The van der Waals surface area contributed by atoms with E-state index in [1.165, 1.54) is 5.56 Å². The summed E-state index contributed by atoms with van der Waals surface area (Å²) in [6.07, 6.45) is 0.982. The maximum atomic E-state index is 10.6. The largest absolute Gasteiger partial charge is 0.481 e. The first kappa shape index (κ1) is 15.0. The Morgan fingerprint density at radius 2 is 2.05 bits per heavy atom. The topological polar surface area (TPSA) is 49.8 Å². The van der Waals surface area contributed by atoms with E-state index in [9.17, 15) is 4.79 Å². The summed E-state index contributed by atoms with van der Waals surface area (Å²) in [7, 11) is 0. The average molecular weight is 277 g/mol. The summed E-state index contributed by atoms with van der Waals surface area (Å²) in [5.41, 5.74) is 1.19. The van der Waals surface area contributed by atoms with Crippen molar-refractivity contribution in [2.45, 2.75) is 44.9 Å². The predicted molar refractivity (Wildman–Crippen MR) is 77.6 cm³/mol. The zero-order valence-electron chi connectivity index (χ0n) is 12.2. The van der Waals surface area contributed by atoms with Gasteiger partial charge in [-0.2, -0.15) is 0 Å². The maximum Gasteiger partial charge on any atom is 0.303 e. The minimum atomic E-state index is -0.724. The molecule has 3 atom stereocenters. The number of benzene rings is 1. The summed E-state index contributed by atoms with van der Waals surface area (Å²) < 4.78 is 5.99. The Morgan fingerprint density at radius 1 is 1.35 bits per heavy atom. The van der Waals surface area contributed by atoms with Crippen LogP contribution in [0.15, 0.2) is 30.3 Å². The molecule has 0 aromatic heterocycles. The molecule has 2 rings (SSSR count). The van der Waals surface area contributed by atoms with Gasteiger partial charge < -0.3 is 9.84 Å². The van der Waals surface area contributed by atoms with E-state index >= 15 is 0 Å². The molecule has 0 unspecified atom stereocenters. The van der Waals surface area contributed by atoms with Gasteiger partial charge in [-0.15, -0.1) is 0 Å². The Balaban J connectivity index is 2.02. The zero-order valence-corrected chi connectivity index (χ0v) is 12.2. The molecule has 1 heterocycles. The van der Waals surface area contributed by atoms with Gasteiger partial charge in [-0.05, 0) is 32.4 Å². The molecular weight excluding hydrogens is 254 g/mol. The SMILES string of the molecule is C[C@@H]1CO[C@H](c2ccccc2)[C@@H](C)N1CCCC(=O)O. The Hall–Kier alpha value is -1.39. The van der Waals surface area contributed by atoms with Crippen molar-refractivity contribution in [1.82, 2.24) is 4.90 Å². The standard InChI is InChI=1S/C16H23NO3/c1-12-11-20-16(14-7-4-3-5-8-14)13(2)17(12)10-6-9-15(18)19/h3-5,7-8,12-13,16H,6,9-11H2,1-2H3,(H,18,19)/t12-,13-,16+/m1/s1. The van der Waals surface area contributed by atoms with E-state index in [4.69, 9.17) is 9.84 Å². The van der Waals surface area contributed by atoms with Crippen LogP contribution in [-0.4, -0.2) is 41.2 Å². The summed E-state index contributed by atoms with van der Waals surface area (Å²) in [5, 5.41) is 8.76. The zero-order chi connectivity index (χ0) is 14.5. The molecule has 0 aliphatic carbocycles. The van der Waals surface area contributed by atoms with Crippen LogP contribution in [0.5, 0.6) is 0 Å². The lowest BCUT2D eigenvalue weighted by Gasteiger charge is -2.43. The van der Waals surface area contributed by atoms with Gasteiger partial charge in [-0.3, -0.25) is 9.69 Å². The molecule has 0 amide bonds. The molecule has 1 aromatic rings. The predicted octanol–water partition coefficient (Wildman–Crippen LogP) is 2.70. The van der Waals surface area contributed by atoms with Crippen LogP contribution in [0.25, 0.3) is 0 Å². The first-order valence-corrected chi connectivity index (χ1v) is 7.23. The number of carboxylic acid groups (broad SMARTS) is 1. The smallest absolute Gasteiger partial charge is 0.303 e. The third-order valence-electron chi connectivity index (χ3n) is 3.98. The number of morpholine rings is 1. The number of hydrogen-bond donors (Lipinski definition) is 1. The molecular formula is C16H23NO3. The summed E-state index contributed by atoms with van der Waals surface area (Å²) in [5.74, 6) is -0.724. The quantitative estimate of drug-likeness (QED) is 0.899. The monoisotopic (exact) mass is 277 g/mol. The van der Waals surface area contributed by atoms with Crippen LogP contribution < -0.4 is 0 Å². The molecule has 4 heteroatoms. The molecule has 1 aliphatic rings. The van der Waals surface area contributed by atoms with Gasteiger partial charge in [-0.25, -0.2) is 0 Å². The van der Waals surface area contributed by atoms with E-state index in [0.717, 1.165) is 6.54 Å². The van der Waals surface area contributed by atoms with Crippen LogP contribution in [0.2, 0.25) is 0 Å². The fraction of sp³-hybridized carbons (Fsp3) is 0.562. The molecule has 1 fully saturated rings. The lowest BCUT2D eigenvalue weighted by atomic mass is 9.98. The van der Waals surface area contributed by atoms with E-state index in [1.807, 2.05) is 18.2 Å². The highest BCUT2D eigenvalue weighted by molar-refractivity contribution is 5.66. The minimum Gasteiger partial charge on any atom is -0.481 e. The van der Waals surface area contributed by atoms with Gasteiger partial charge in [0, 0.05) is 18.5 Å². The van der Waals surface area contributed by atoms with Crippen LogP contribution in [-0.2, 0) is 9.53 Å². The lowest BCUT2D eigenvalue weighted by Crippen LogP contribution is -2.51. The van der Waals surface area contributed by atoms with Crippen molar-refractivity contribution in [3.63, 3.8) is 0 Å². The molecule has 0 spiro atoms. The molecule has 1 aliphatic heterocycles. The highest BCUT2D eigenvalue weighted by Crippen LogP contribution is 2.30. The van der Waals surface area contributed by atoms with E-state index in [1.54, 1.807) is 0 Å².